The molecule has 172 valence electrons. The van der Waals surface area contributed by atoms with Crippen molar-refractivity contribution in [3.05, 3.63) is 94.7 Å². The summed E-state index contributed by atoms with van der Waals surface area (Å²) in [5.74, 6) is 1.02. The number of ether oxygens (including phenoxy) is 2. The maximum atomic E-state index is 13.4. The van der Waals surface area contributed by atoms with Crippen molar-refractivity contribution in [2.24, 2.45) is 0 Å². The molecule has 0 bridgehead atoms. The van der Waals surface area contributed by atoms with E-state index in [9.17, 15) is 9.59 Å². The van der Waals surface area contributed by atoms with Gasteiger partial charge in [0.1, 0.15) is 17.5 Å². The van der Waals surface area contributed by atoms with E-state index in [0.29, 0.717) is 17.9 Å². The molecule has 0 spiro atoms. The van der Waals surface area contributed by atoms with Gasteiger partial charge in [0, 0.05) is 18.0 Å². The average molecular weight is 465 g/mol. The highest BCUT2D eigenvalue weighted by molar-refractivity contribution is 7.10. The van der Waals surface area contributed by atoms with E-state index in [-0.39, 0.29) is 24.8 Å². The van der Waals surface area contributed by atoms with Crippen LogP contribution in [0.2, 0.25) is 0 Å². The third-order valence-corrected chi connectivity index (χ3v) is 6.05. The molecule has 0 saturated heterocycles. The van der Waals surface area contributed by atoms with Crippen LogP contribution in [0.15, 0.2) is 78.7 Å². The monoisotopic (exact) mass is 464 g/mol. The quantitative estimate of drug-likeness (QED) is 0.428. The van der Waals surface area contributed by atoms with E-state index in [1.807, 2.05) is 53.9 Å². The van der Waals surface area contributed by atoms with Crippen molar-refractivity contribution in [3.63, 3.8) is 0 Å². The van der Waals surface area contributed by atoms with Gasteiger partial charge in [0.2, 0.25) is 11.8 Å². The van der Waals surface area contributed by atoms with Gasteiger partial charge in [0.05, 0.1) is 20.6 Å². The highest BCUT2D eigenvalue weighted by Crippen LogP contribution is 2.25. The van der Waals surface area contributed by atoms with Gasteiger partial charge in [-0.1, -0.05) is 36.4 Å². The molecule has 0 fully saturated rings. The maximum Gasteiger partial charge on any atom is 0.247 e. The van der Waals surface area contributed by atoms with Crippen LogP contribution in [0.3, 0.4) is 0 Å². The second-order valence-electron chi connectivity index (χ2n) is 7.33. The number of amides is 2. The molecule has 2 aromatic carbocycles. The molecule has 2 amide bonds. The minimum absolute atomic E-state index is 0.141. The molecule has 1 heterocycles. The summed E-state index contributed by atoms with van der Waals surface area (Å²) in [5.41, 5.74) is 1.63. The molecule has 0 radical (unpaired) electrons. The maximum absolute atomic E-state index is 13.4. The van der Waals surface area contributed by atoms with Gasteiger partial charge in [-0.2, -0.15) is 0 Å². The molecule has 7 heteroatoms. The molecule has 0 aliphatic carbocycles. The summed E-state index contributed by atoms with van der Waals surface area (Å²) in [5, 5.41) is 4.91. The highest BCUT2D eigenvalue weighted by Gasteiger charge is 2.30. The van der Waals surface area contributed by atoms with Gasteiger partial charge >= 0.3 is 0 Å². The Labute approximate surface area is 198 Å². The van der Waals surface area contributed by atoms with E-state index in [1.165, 1.54) is 11.3 Å². The molecule has 0 aliphatic heterocycles. The largest absolute Gasteiger partial charge is 0.497 e. The second kappa shape index (κ2) is 11.9. The van der Waals surface area contributed by atoms with Gasteiger partial charge in [-0.15, -0.1) is 17.9 Å². The Morgan fingerprint density at radius 2 is 1.67 bits per heavy atom. The lowest BCUT2D eigenvalue weighted by molar-refractivity contribution is -0.139. The zero-order valence-electron chi connectivity index (χ0n) is 18.8. The zero-order valence-corrected chi connectivity index (χ0v) is 19.6. The second-order valence-corrected chi connectivity index (χ2v) is 8.36. The molecule has 1 aromatic heterocycles. The standard InChI is InChI=1S/C26H28N2O4S/c1-4-15-28(24(29)17-23-6-5-16-33-23)25(20-9-13-22(32-3)14-10-20)26(30)27-18-19-7-11-21(31-2)12-8-19/h4-14,16,25H,1,15,17-18H2,2-3H3,(H,27,30). The number of hydrogen-bond acceptors (Lipinski definition) is 5. The van der Waals surface area contributed by atoms with Gasteiger partial charge in [-0.3, -0.25) is 9.59 Å². The van der Waals surface area contributed by atoms with E-state index in [1.54, 1.807) is 37.3 Å². The summed E-state index contributed by atoms with van der Waals surface area (Å²) >= 11 is 1.52. The molecule has 6 nitrogen and oxygen atoms in total. The Kier molecular flexibility index (Phi) is 8.66. The Morgan fingerprint density at radius 3 is 2.21 bits per heavy atom. The molecule has 1 N–H and O–H groups in total. The SMILES string of the molecule is C=CCN(C(=O)Cc1cccs1)C(C(=O)NCc1ccc(OC)cc1)c1ccc(OC)cc1. The molecule has 33 heavy (non-hydrogen) atoms. The van der Waals surface area contributed by atoms with E-state index in [4.69, 9.17) is 9.47 Å². The van der Waals surface area contributed by atoms with Crippen LogP contribution in [0.4, 0.5) is 0 Å². The van der Waals surface area contributed by atoms with Crippen LogP contribution in [0.5, 0.6) is 11.5 Å². The summed E-state index contributed by atoms with van der Waals surface area (Å²) in [6.07, 6.45) is 1.86. The molecule has 0 saturated carbocycles. The summed E-state index contributed by atoms with van der Waals surface area (Å²) in [6.45, 7) is 4.37. The topological polar surface area (TPSA) is 67.9 Å². The number of benzene rings is 2. The number of hydrogen-bond donors (Lipinski definition) is 1. The molecular formula is C26H28N2O4S. The average Bonchev–Trinajstić information content (AvgIpc) is 3.36. The van der Waals surface area contributed by atoms with E-state index in [0.717, 1.165) is 16.2 Å². The fourth-order valence-electron chi connectivity index (χ4n) is 3.44. The predicted octanol–water partition coefficient (Wildman–Crippen LogP) is 4.38. The van der Waals surface area contributed by atoms with Crippen molar-refractivity contribution < 1.29 is 19.1 Å². The fourth-order valence-corrected chi connectivity index (χ4v) is 4.14. The van der Waals surface area contributed by atoms with Crippen molar-refractivity contribution >= 4 is 23.2 Å². The van der Waals surface area contributed by atoms with Crippen LogP contribution in [-0.2, 0) is 22.6 Å². The van der Waals surface area contributed by atoms with Gasteiger partial charge in [0.25, 0.3) is 0 Å². The lowest BCUT2D eigenvalue weighted by Gasteiger charge is -2.30. The smallest absolute Gasteiger partial charge is 0.247 e. The van der Waals surface area contributed by atoms with Crippen LogP contribution < -0.4 is 14.8 Å². The van der Waals surface area contributed by atoms with Gasteiger partial charge in [-0.05, 0) is 46.8 Å². The molecule has 1 unspecified atom stereocenters. The first-order chi connectivity index (χ1) is 16.0. The normalized spacial score (nSPS) is 11.3. The van der Waals surface area contributed by atoms with E-state index >= 15 is 0 Å². The van der Waals surface area contributed by atoms with Crippen molar-refractivity contribution in [3.8, 4) is 11.5 Å². The molecular weight excluding hydrogens is 436 g/mol. The Hall–Kier alpha value is -3.58. The van der Waals surface area contributed by atoms with Gasteiger partial charge in [0.15, 0.2) is 0 Å². The number of nitrogens with zero attached hydrogens (tertiary/aromatic N) is 1. The molecule has 1 atom stereocenters. The van der Waals surface area contributed by atoms with Gasteiger partial charge < -0.3 is 19.7 Å². The van der Waals surface area contributed by atoms with Crippen LogP contribution >= 0.6 is 11.3 Å². The molecule has 3 aromatic rings. The Morgan fingerprint density at radius 1 is 1.03 bits per heavy atom. The first-order valence-electron chi connectivity index (χ1n) is 10.5. The highest BCUT2D eigenvalue weighted by atomic mass is 32.1. The predicted molar refractivity (Wildman–Crippen MR) is 131 cm³/mol. The Bertz CT molecular complexity index is 1050. The minimum Gasteiger partial charge on any atom is -0.497 e. The lowest BCUT2D eigenvalue weighted by atomic mass is 10.0. The summed E-state index contributed by atoms with van der Waals surface area (Å²) in [6, 6.07) is 17.7. The number of carbonyl (C=O) groups excluding carboxylic acids is 2. The lowest BCUT2D eigenvalue weighted by Crippen LogP contribution is -2.44. The van der Waals surface area contributed by atoms with Crippen molar-refractivity contribution in [1.82, 2.24) is 10.2 Å². The molecule has 0 aliphatic rings. The first kappa shape index (κ1) is 24.1. The van der Waals surface area contributed by atoms with E-state index < -0.39 is 6.04 Å². The molecule has 3 rings (SSSR count). The van der Waals surface area contributed by atoms with Crippen molar-refractivity contribution in [2.75, 3.05) is 20.8 Å². The Balaban J connectivity index is 1.85. The number of carbonyl (C=O) groups is 2. The van der Waals surface area contributed by atoms with Gasteiger partial charge in [-0.25, -0.2) is 0 Å². The van der Waals surface area contributed by atoms with E-state index in [2.05, 4.69) is 11.9 Å². The summed E-state index contributed by atoms with van der Waals surface area (Å²) in [4.78, 5) is 29.2. The van der Waals surface area contributed by atoms with Crippen LogP contribution in [0.25, 0.3) is 0 Å². The van der Waals surface area contributed by atoms with Crippen molar-refractivity contribution in [1.29, 1.82) is 0 Å². The van der Waals surface area contributed by atoms with Crippen molar-refractivity contribution in [2.45, 2.75) is 19.0 Å². The van der Waals surface area contributed by atoms with Crippen LogP contribution in [-0.4, -0.2) is 37.5 Å². The summed E-state index contributed by atoms with van der Waals surface area (Å²) < 4.78 is 10.4. The third-order valence-electron chi connectivity index (χ3n) is 5.17. The first-order valence-corrected chi connectivity index (χ1v) is 11.4. The number of rotatable bonds is 11. The van der Waals surface area contributed by atoms with Crippen LogP contribution in [0.1, 0.15) is 22.0 Å². The summed E-state index contributed by atoms with van der Waals surface area (Å²) in [7, 11) is 3.19. The number of thiophene rings is 1. The number of nitrogens with one attached hydrogen (secondary N) is 1. The minimum atomic E-state index is -0.806. The van der Waals surface area contributed by atoms with Crippen LogP contribution in [0, 0.1) is 0 Å². The number of methoxy groups -OCH3 is 2. The zero-order chi connectivity index (χ0) is 23.6. The third kappa shape index (κ3) is 6.46. The fraction of sp³-hybridized carbons (Fsp3) is 0.231.